The zero-order valence-corrected chi connectivity index (χ0v) is 11.8. The minimum absolute atomic E-state index is 0.315. The lowest BCUT2D eigenvalue weighted by Crippen LogP contribution is -2.53. The van der Waals surface area contributed by atoms with E-state index in [4.69, 9.17) is 0 Å². The van der Waals surface area contributed by atoms with Gasteiger partial charge in [-0.25, -0.2) is 4.79 Å². The summed E-state index contributed by atoms with van der Waals surface area (Å²) in [5.74, 6) is -0.242. The fourth-order valence-electron chi connectivity index (χ4n) is 3.70. The number of carboxylic acid groups (broad SMARTS) is 1. The van der Waals surface area contributed by atoms with Crippen molar-refractivity contribution in [1.82, 2.24) is 9.88 Å². The molecule has 3 rings (SSSR count). The predicted molar refractivity (Wildman–Crippen MR) is 77.2 cm³/mol. The number of anilines is 1. The molecule has 5 nitrogen and oxygen atoms in total. The minimum Gasteiger partial charge on any atom is -0.478 e. The molecule has 0 saturated carbocycles. The van der Waals surface area contributed by atoms with Crippen molar-refractivity contribution in [2.45, 2.75) is 25.3 Å². The topological polar surface area (TPSA) is 56.7 Å². The van der Waals surface area contributed by atoms with Crippen LogP contribution in [-0.4, -0.2) is 53.7 Å². The second kappa shape index (κ2) is 5.40. The Morgan fingerprint density at radius 1 is 1.40 bits per heavy atom. The molecule has 1 aromatic heterocycles. The van der Waals surface area contributed by atoms with E-state index in [2.05, 4.69) is 21.8 Å². The van der Waals surface area contributed by atoms with Crippen molar-refractivity contribution in [3.8, 4) is 0 Å². The zero-order chi connectivity index (χ0) is 14.1. The standard InChI is InChI=1S/C15H21N3O2/c1-17-7-2-3-11-10-18(8-5-13(11)17)14-4-6-16-9-12(14)15(19)20/h4,6,9,11,13H,2-3,5,7-8,10H2,1H3,(H,19,20). The van der Waals surface area contributed by atoms with Crippen molar-refractivity contribution >= 4 is 11.7 Å². The van der Waals surface area contributed by atoms with Crippen molar-refractivity contribution in [3.05, 3.63) is 24.0 Å². The number of aromatic carboxylic acids is 1. The number of likely N-dealkylation sites (tertiary alicyclic amines) is 1. The number of pyridine rings is 1. The van der Waals surface area contributed by atoms with Crippen LogP contribution in [0.3, 0.4) is 0 Å². The summed E-state index contributed by atoms with van der Waals surface area (Å²) in [5.41, 5.74) is 1.13. The molecule has 2 saturated heterocycles. The van der Waals surface area contributed by atoms with Crippen LogP contribution in [0.2, 0.25) is 0 Å². The molecule has 2 aliphatic rings. The third-order valence-electron chi connectivity index (χ3n) is 4.71. The Kier molecular flexibility index (Phi) is 3.61. The first kappa shape index (κ1) is 13.4. The van der Waals surface area contributed by atoms with Crippen molar-refractivity contribution in [1.29, 1.82) is 0 Å². The number of fused-ring (bicyclic) bond motifs is 1. The number of piperidine rings is 2. The van der Waals surface area contributed by atoms with E-state index < -0.39 is 5.97 Å². The summed E-state index contributed by atoms with van der Waals surface area (Å²) in [4.78, 5) is 20.0. The van der Waals surface area contributed by atoms with Crippen LogP contribution in [0.1, 0.15) is 29.6 Å². The van der Waals surface area contributed by atoms with Gasteiger partial charge in [-0.05, 0) is 44.8 Å². The van der Waals surface area contributed by atoms with Gasteiger partial charge in [-0.15, -0.1) is 0 Å². The summed E-state index contributed by atoms with van der Waals surface area (Å²) in [5, 5.41) is 9.30. The van der Waals surface area contributed by atoms with E-state index in [0.717, 1.165) is 25.2 Å². The Labute approximate surface area is 119 Å². The molecule has 0 amide bonds. The van der Waals surface area contributed by atoms with E-state index in [1.165, 1.54) is 25.6 Å². The van der Waals surface area contributed by atoms with Gasteiger partial charge in [0.2, 0.25) is 0 Å². The summed E-state index contributed by atoms with van der Waals surface area (Å²) in [6.45, 7) is 3.08. The molecule has 1 N–H and O–H groups in total. The highest BCUT2D eigenvalue weighted by molar-refractivity contribution is 5.94. The van der Waals surface area contributed by atoms with Crippen LogP contribution in [-0.2, 0) is 0 Å². The van der Waals surface area contributed by atoms with E-state index in [1.807, 2.05) is 6.07 Å². The highest BCUT2D eigenvalue weighted by atomic mass is 16.4. The number of carboxylic acids is 1. The average molecular weight is 275 g/mol. The van der Waals surface area contributed by atoms with Gasteiger partial charge in [-0.1, -0.05) is 0 Å². The van der Waals surface area contributed by atoms with Gasteiger partial charge in [0.1, 0.15) is 5.56 Å². The SMILES string of the molecule is CN1CCCC2CN(c3ccncc3C(=O)O)CCC21. The summed E-state index contributed by atoms with van der Waals surface area (Å²) >= 11 is 0. The lowest BCUT2D eigenvalue weighted by molar-refractivity contribution is 0.0696. The lowest BCUT2D eigenvalue weighted by atomic mass is 9.84. The molecule has 2 fully saturated rings. The molecule has 0 radical (unpaired) electrons. The minimum atomic E-state index is -0.893. The third-order valence-corrected chi connectivity index (χ3v) is 4.71. The molecule has 0 aromatic carbocycles. The molecular weight excluding hydrogens is 254 g/mol. The van der Waals surface area contributed by atoms with E-state index in [9.17, 15) is 9.90 Å². The molecule has 108 valence electrons. The monoisotopic (exact) mass is 275 g/mol. The van der Waals surface area contributed by atoms with E-state index in [-0.39, 0.29) is 0 Å². The summed E-state index contributed by atoms with van der Waals surface area (Å²) in [6, 6.07) is 2.49. The maximum atomic E-state index is 11.3. The van der Waals surface area contributed by atoms with Crippen molar-refractivity contribution < 1.29 is 9.90 Å². The van der Waals surface area contributed by atoms with Gasteiger partial charge in [-0.2, -0.15) is 0 Å². The van der Waals surface area contributed by atoms with Gasteiger partial charge in [-0.3, -0.25) is 4.98 Å². The summed E-state index contributed by atoms with van der Waals surface area (Å²) in [7, 11) is 2.21. The van der Waals surface area contributed by atoms with E-state index in [1.54, 1.807) is 6.20 Å². The molecule has 0 aliphatic carbocycles. The van der Waals surface area contributed by atoms with Gasteiger partial charge in [0.15, 0.2) is 0 Å². The lowest BCUT2D eigenvalue weighted by Gasteiger charge is -2.46. The Balaban J connectivity index is 1.81. The largest absolute Gasteiger partial charge is 0.478 e. The number of aromatic nitrogens is 1. The normalized spacial score (nSPS) is 27.1. The molecule has 2 aliphatic heterocycles. The molecule has 5 heteroatoms. The molecule has 2 atom stereocenters. The second-order valence-electron chi connectivity index (χ2n) is 5.88. The summed E-state index contributed by atoms with van der Waals surface area (Å²) < 4.78 is 0. The fraction of sp³-hybridized carbons (Fsp3) is 0.600. The Hall–Kier alpha value is -1.62. The smallest absolute Gasteiger partial charge is 0.339 e. The number of hydrogen-bond acceptors (Lipinski definition) is 4. The molecule has 1 aromatic rings. The highest BCUT2D eigenvalue weighted by Crippen LogP contribution is 2.32. The van der Waals surface area contributed by atoms with Crippen molar-refractivity contribution in [3.63, 3.8) is 0 Å². The number of hydrogen-bond donors (Lipinski definition) is 1. The van der Waals surface area contributed by atoms with Crippen molar-refractivity contribution in [2.75, 3.05) is 31.6 Å². The van der Waals surface area contributed by atoms with Crippen LogP contribution in [0.4, 0.5) is 5.69 Å². The third kappa shape index (κ3) is 2.38. The number of carbonyl (C=O) groups is 1. The second-order valence-corrected chi connectivity index (χ2v) is 5.88. The van der Waals surface area contributed by atoms with E-state index >= 15 is 0 Å². The number of rotatable bonds is 2. The quantitative estimate of drug-likeness (QED) is 0.890. The van der Waals surface area contributed by atoms with E-state index in [0.29, 0.717) is 17.5 Å². The van der Waals surface area contributed by atoms with Gasteiger partial charge >= 0.3 is 5.97 Å². The van der Waals surface area contributed by atoms with Crippen LogP contribution in [0.25, 0.3) is 0 Å². The maximum Gasteiger partial charge on any atom is 0.339 e. The molecular formula is C15H21N3O2. The van der Waals surface area contributed by atoms with Crippen LogP contribution in [0.15, 0.2) is 18.5 Å². The molecule has 0 bridgehead atoms. The molecule has 2 unspecified atom stereocenters. The van der Waals surface area contributed by atoms with Crippen LogP contribution in [0.5, 0.6) is 0 Å². The first-order chi connectivity index (χ1) is 9.66. The van der Waals surface area contributed by atoms with Crippen molar-refractivity contribution in [2.24, 2.45) is 5.92 Å². The molecule has 0 spiro atoms. The van der Waals surface area contributed by atoms with Crippen LogP contribution in [0, 0.1) is 5.92 Å². The van der Waals surface area contributed by atoms with Gasteiger partial charge < -0.3 is 14.9 Å². The Morgan fingerprint density at radius 2 is 2.25 bits per heavy atom. The fourth-order valence-corrected chi connectivity index (χ4v) is 3.70. The highest BCUT2D eigenvalue weighted by Gasteiger charge is 2.35. The first-order valence-corrected chi connectivity index (χ1v) is 7.29. The predicted octanol–water partition coefficient (Wildman–Crippen LogP) is 1.70. The van der Waals surface area contributed by atoms with Crippen LogP contribution >= 0.6 is 0 Å². The maximum absolute atomic E-state index is 11.3. The van der Waals surface area contributed by atoms with Gasteiger partial charge in [0, 0.05) is 31.5 Å². The molecule has 3 heterocycles. The van der Waals surface area contributed by atoms with Gasteiger partial charge in [0.05, 0.1) is 5.69 Å². The Bertz CT molecular complexity index is 506. The average Bonchev–Trinajstić information content (AvgIpc) is 2.47. The van der Waals surface area contributed by atoms with Crippen LogP contribution < -0.4 is 4.90 Å². The molecule has 20 heavy (non-hydrogen) atoms. The summed E-state index contributed by atoms with van der Waals surface area (Å²) in [6.07, 6.45) is 6.74. The number of nitrogens with zero attached hydrogens (tertiary/aromatic N) is 3. The Morgan fingerprint density at radius 3 is 3.05 bits per heavy atom. The van der Waals surface area contributed by atoms with Gasteiger partial charge in [0.25, 0.3) is 0 Å². The zero-order valence-electron chi connectivity index (χ0n) is 11.8. The first-order valence-electron chi connectivity index (χ1n) is 7.29.